The number of carbonyl (C=O) groups is 2. The first-order valence-corrected chi connectivity index (χ1v) is 11.3. The summed E-state index contributed by atoms with van der Waals surface area (Å²) < 4.78 is 15.1. The van der Waals surface area contributed by atoms with Crippen molar-refractivity contribution in [3.63, 3.8) is 0 Å². The van der Waals surface area contributed by atoms with Gasteiger partial charge in [-0.2, -0.15) is 0 Å². The molecule has 0 aliphatic carbocycles. The predicted molar refractivity (Wildman–Crippen MR) is 122 cm³/mol. The normalized spacial score (nSPS) is 14.6. The maximum atomic E-state index is 13.1. The molecule has 1 saturated heterocycles. The summed E-state index contributed by atoms with van der Waals surface area (Å²) in [5.74, 6) is -0.672. The summed E-state index contributed by atoms with van der Waals surface area (Å²) in [5, 5.41) is 4.98. The lowest BCUT2D eigenvalue weighted by Gasteiger charge is -2.31. The highest BCUT2D eigenvalue weighted by Crippen LogP contribution is 2.25. The van der Waals surface area contributed by atoms with E-state index < -0.39 is 0 Å². The minimum Gasteiger partial charge on any atom is -0.339 e. The van der Waals surface area contributed by atoms with Crippen molar-refractivity contribution in [3.05, 3.63) is 77.7 Å². The fourth-order valence-electron chi connectivity index (χ4n) is 3.96. The van der Waals surface area contributed by atoms with Crippen LogP contribution in [0.1, 0.15) is 23.2 Å². The Hall–Kier alpha value is -3.52. The number of nitrogens with zero attached hydrogens (tertiary/aromatic N) is 3. The van der Waals surface area contributed by atoms with Gasteiger partial charge in [0.15, 0.2) is 4.96 Å². The number of benzene rings is 2. The predicted octanol–water partition coefficient (Wildman–Crippen LogP) is 4.69. The summed E-state index contributed by atoms with van der Waals surface area (Å²) in [4.78, 5) is 32.6. The minimum atomic E-state index is -0.366. The van der Waals surface area contributed by atoms with Crippen LogP contribution in [-0.2, 0) is 4.79 Å². The van der Waals surface area contributed by atoms with Gasteiger partial charge in [-0.05, 0) is 49.2 Å². The average molecular weight is 449 g/mol. The van der Waals surface area contributed by atoms with Gasteiger partial charge in [0.1, 0.15) is 5.82 Å². The molecule has 1 aliphatic rings. The summed E-state index contributed by atoms with van der Waals surface area (Å²) in [6, 6.07) is 13.2. The van der Waals surface area contributed by atoms with Crippen molar-refractivity contribution in [2.75, 3.05) is 18.4 Å². The van der Waals surface area contributed by atoms with Crippen LogP contribution in [0.4, 0.5) is 10.1 Å². The molecule has 0 spiro atoms. The number of hydrogen-bond donors (Lipinski definition) is 1. The number of anilines is 1. The lowest BCUT2D eigenvalue weighted by molar-refractivity contribution is -0.121. The molecule has 8 heteroatoms. The fourth-order valence-corrected chi connectivity index (χ4v) is 4.66. The molecule has 0 unspecified atom stereocenters. The topological polar surface area (TPSA) is 66.7 Å². The number of thiazole rings is 1. The molecule has 5 rings (SSSR count). The third-order valence-corrected chi connectivity index (χ3v) is 6.56. The molecular formula is C24H21FN4O2S. The first-order chi connectivity index (χ1) is 15.6. The van der Waals surface area contributed by atoms with Crippen molar-refractivity contribution in [1.29, 1.82) is 0 Å². The van der Waals surface area contributed by atoms with Crippen LogP contribution in [0.15, 0.2) is 66.3 Å². The van der Waals surface area contributed by atoms with E-state index in [4.69, 9.17) is 0 Å². The van der Waals surface area contributed by atoms with E-state index in [-0.39, 0.29) is 23.5 Å². The number of hydrogen-bond acceptors (Lipinski definition) is 4. The van der Waals surface area contributed by atoms with E-state index in [1.807, 2.05) is 46.4 Å². The number of rotatable bonds is 4. The molecule has 2 aromatic heterocycles. The number of fused-ring (bicyclic) bond motifs is 1. The number of aromatic nitrogens is 2. The summed E-state index contributed by atoms with van der Waals surface area (Å²) in [6.07, 6.45) is 5.16. The van der Waals surface area contributed by atoms with Crippen LogP contribution < -0.4 is 5.32 Å². The highest BCUT2D eigenvalue weighted by Gasteiger charge is 2.28. The first-order valence-electron chi connectivity index (χ1n) is 10.5. The number of carbonyl (C=O) groups excluding carboxylic acids is 2. The molecule has 1 fully saturated rings. The van der Waals surface area contributed by atoms with E-state index in [0.717, 1.165) is 21.9 Å². The number of piperidine rings is 1. The Bertz CT molecular complexity index is 1230. The van der Waals surface area contributed by atoms with Crippen molar-refractivity contribution in [2.24, 2.45) is 5.92 Å². The average Bonchev–Trinajstić information content (AvgIpc) is 3.42. The number of imidazole rings is 1. The molecule has 1 N–H and O–H groups in total. The lowest BCUT2D eigenvalue weighted by Crippen LogP contribution is -2.41. The molecule has 0 radical (unpaired) electrons. The summed E-state index contributed by atoms with van der Waals surface area (Å²) >= 11 is 1.59. The van der Waals surface area contributed by atoms with Crippen molar-refractivity contribution in [2.45, 2.75) is 12.8 Å². The molecule has 32 heavy (non-hydrogen) atoms. The van der Waals surface area contributed by atoms with Crippen molar-refractivity contribution < 1.29 is 14.0 Å². The molecule has 2 amide bonds. The molecule has 0 bridgehead atoms. The van der Waals surface area contributed by atoms with Crippen LogP contribution in [0, 0.1) is 11.7 Å². The van der Waals surface area contributed by atoms with E-state index in [9.17, 15) is 14.0 Å². The van der Waals surface area contributed by atoms with Crippen molar-refractivity contribution >= 4 is 33.8 Å². The molecule has 3 heterocycles. The Balaban J connectivity index is 1.16. The van der Waals surface area contributed by atoms with Crippen molar-refractivity contribution in [1.82, 2.24) is 14.3 Å². The monoisotopic (exact) mass is 448 g/mol. The van der Waals surface area contributed by atoms with Crippen LogP contribution in [0.25, 0.3) is 16.2 Å². The molecule has 4 aromatic rings. The first kappa shape index (κ1) is 20.4. The second-order valence-electron chi connectivity index (χ2n) is 7.86. The second-order valence-corrected chi connectivity index (χ2v) is 8.73. The third-order valence-electron chi connectivity index (χ3n) is 5.79. The molecule has 0 atom stereocenters. The van der Waals surface area contributed by atoms with Gasteiger partial charge >= 0.3 is 0 Å². The molecule has 2 aromatic carbocycles. The Morgan fingerprint density at radius 1 is 1.03 bits per heavy atom. The molecule has 6 nitrogen and oxygen atoms in total. The Kier molecular flexibility index (Phi) is 5.45. The smallest absolute Gasteiger partial charge is 0.253 e. The molecular weight excluding hydrogens is 427 g/mol. The second kappa shape index (κ2) is 8.55. The quantitative estimate of drug-likeness (QED) is 0.492. The maximum Gasteiger partial charge on any atom is 0.253 e. The van der Waals surface area contributed by atoms with Crippen LogP contribution >= 0.6 is 11.3 Å². The standard InChI is InChI=1S/C24H21FN4O2S/c25-19-5-1-18(2-6-19)23(31)28-11-9-17(10-12-28)22(30)26-20-7-3-16(4-8-20)21-15-29-13-14-32-24(29)27-21/h1-8,13-15,17H,9-12H2,(H,26,30). The highest BCUT2D eigenvalue weighted by molar-refractivity contribution is 7.15. The fraction of sp³-hybridized carbons (Fsp3) is 0.208. The van der Waals surface area contributed by atoms with Gasteiger partial charge in [0, 0.05) is 53.6 Å². The van der Waals surface area contributed by atoms with E-state index in [0.29, 0.717) is 31.5 Å². The van der Waals surface area contributed by atoms with Gasteiger partial charge in [-0.25, -0.2) is 9.37 Å². The number of halogens is 1. The summed E-state index contributed by atoms with van der Waals surface area (Å²) in [5.41, 5.74) is 3.09. The Morgan fingerprint density at radius 2 is 1.75 bits per heavy atom. The van der Waals surface area contributed by atoms with E-state index in [2.05, 4.69) is 10.3 Å². The SMILES string of the molecule is O=C(Nc1ccc(-c2cn3ccsc3n2)cc1)C1CCN(C(=O)c2ccc(F)cc2)CC1. The van der Waals surface area contributed by atoms with Crippen LogP contribution in [0.5, 0.6) is 0 Å². The number of amides is 2. The van der Waals surface area contributed by atoms with Crippen LogP contribution in [0.2, 0.25) is 0 Å². The zero-order valence-corrected chi connectivity index (χ0v) is 18.0. The van der Waals surface area contributed by atoms with Gasteiger partial charge in [-0.15, -0.1) is 11.3 Å². The van der Waals surface area contributed by atoms with Gasteiger partial charge < -0.3 is 10.2 Å². The zero-order valence-electron chi connectivity index (χ0n) is 17.2. The third kappa shape index (κ3) is 4.13. The van der Waals surface area contributed by atoms with Gasteiger partial charge in [-0.1, -0.05) is 12.1 Å². The largest absolute Gasteiger partial charge is 0.339 e. The van der Waals surface area contributed by atoms with Gasteiger partial charge in [0.25, 0.3) is 5.91 Å². The highest BCUT2D eigenvalue weighted by atomic mass is 32.1. The Morgan fingerprint density at radius 3 is 2.44 bits per heavy atom. The Labute approximate surface area is 188 Å². The van der Waals surface area contributed by atoms with Crippen LogP contribution in [-0.4, -0.2) is 39.2 Å². The van der Waals surface area contributed by atoms with Gasteiger partial charge in [0.05, 0.1) is 5.69 Å². The van der Waals surface area contributed by atoms with E-state index >= 15 is 0 Å². The summed E-state index contributed by atoms with van der Waals surface area (Å²) in [7, 11) is 0. The van der Waals surface area contributed by atoms with Gasteiger partial charge in [0.2, 0.25) is 5.91 Å². The minimum absolute atomic E-state index is 0.0332. The van der Waals surface area contributed by atoms with Crippen molar-refractivity contribution in [3.8, 4) is 11.3 Å². The molecule has 162 valence electrons. The lowest BCUT2D eigenvalue weighted by atomic mass is 9.95. The van der Waals surface area contributed by atoms with E-state index in [1.165, 1.54) is 24.3 Å². The number of nitrogens with one attached hydrogen (secondary N) is 1. The number of likely N-dealkylation sites (tertiary alicyclic amines) is 1. The maximum absolute atomic E-state index is 13.1. The van der Waals surface area contributed by atoms with E-state index in [1.54, 1.807) is 16.2 Å². The molecule has 0 saturated carbocycles. The zero-order chi connectivity index (χ0) is 22.1. The van der Waals surface area contributed by atoms with Crippen LogP contribution in [0.3, 0.4) is 0 Å². The summed E-state index contributed by atoms with van der Waals surface area (Å²) in [6.45, 7) is 1.01. The van der Waals surface area contributed by atoms with Gasteiger partial charge in [-0.3, -0.25) is 14.0 Å². The molecule has 1 aliphatic heterocycles.